The van der Waals surface area contributed by atoms with Crippen LogP contribution in [0.5, 0.6) is 0 Å². The van der Waals surface area contributed by atoms with E-state index in [2.05, 4.69) is 19.8 Å². The number of nitrogens with zero attached hydrogens (tertiary/aromatic N) is 4. The maximum Gasteiger partial charge on any atom is 0.491 e. The Morgan fingerprint density at radius 2 is 2.08 bits per heavy atom. The van der Waals surface area contributed by atoms with E-state index in [9.17, 15) is 22.8 Å². The number of hydrogen-bond acceptors (Lipinski definition) is 7. The summed E-state index contributed by atoms with van der Waals surface area (Å²) in [5, 5.41) is 4.01. The van der Waals surface area contributed by atoms with Gasteiger partial charge in [-0.1, -0.05) is 4.68 Å². The van der Waals surface area contributed by atoms with Gasteiger partial charge in [-0.2, -0.15) is 13.2 Å². The predicted octanol–water partition coefficient (Wildman–Crippen LogP) is 1.59. The highest BCUT2D eigenvalue weighted by Gasteiger charge is 2.42. The highest BCUT2D eigenvalue weighted by molar-refractivity contribution is 5.88. The molecule has 0 aliphatic heterocycles. The van der Waals surface area contributed by atoms with E-state index in [0.717, 1.165) is 0 Å². The van der Waals surface area contributed by atoms with Gasteiger partial charge in [-0.3, -0.25) is 4.79 Å². The minimum absolute atomic E-state index is 0.0701. The molecule has 11 heteroatoms. The molecule has 0 saturated carbocycles. The van der Waals surface area contributed by atoms with Crippen LogP contribution in [0, 0.1) is 0 Å². The van der Waals surface area contributed by atoms with Gasteiger partial charge in [0.25, 0.3) is 0 Å². The molecular weight excluding hydrogens is 357 g/mol. The first-order valence-corrected chi connectivity index (χ1v) is 7.22. The third-order valence-electron chi connectivity index (χ3n) is 3.17. The molecule has 3 aromatic heterocycles. The van der Waals surface area contributed by atoms with E-state index in [0.29, 0.717) is 22.7 Å². The summed E-state index contributed by atoms with van der Waals surface area (Å²) in [4.78, 5) is 30.1. The molecule has 134 valence electrons. The molecule has 0 aliphatic carbocycles. The molecule has 3 heterocycles. The number of halogens is 3. The number of aryl methyl sites for hydroxylation is 1. The van der Waals surface area contributed by atoms with Crippen molar-refractivity contribution in [2.75, 3.05) is 0 Å². The summed E-state index contributed by atoms with van der Waals surface area (Å²) in [5.74, 6) is -3.54. The first-order chi connectivity index (χ1) is 12.3. The number of alkyl halides is 3. The van der Waals surface area contributed by atoms with Gasteiger partial charge in [0.2, 0.25) is 11.6 Å². The average molecular weight is 367 g/mol. The second kappa shape index (κ2) is 6.86. The van der Waals surface area contributed by atoms with Gasteiger partial charge in [0.15, 0.2) is 12.7 Å². The van der Waals surface area contributed by atoms with Crippen molar-refractivity contribution in [3.05, 3.63) is 36.8 Å². The van der Waals surface area contributed by atoms with Crippen LogP contribution in [-0.2, 0) is 20.9 Å². The third kappa shape index (κ3) is 3.99. The summed E-state index contributed by atoms with van der Waals surface area (Å²) >= 11 is 0. The van der Waals surface area contributed by atoms with Crippen molar-refractivity contribution in [1.82, 2.24) is 15.1 Å². The zero-order chi connectivity index (χ0) is 18.7. The Morgan fingerprint density at radius 3 is 2.73 bits per heavy atom. The molecule has 0 unspecified atom stereocenters. The monoisotopic (exact) mass is 367 g/mol. The molecule has 0 bridgehead atoms. The van der Waals surface area contributed by atoms with Crippen LogP contribution in [0.4, 0.5) is 13.2 Å². The zero-order valence-corrected chi connectivity index (χ0v) is 12.9. The lowest BCUT2D eigenvalue weighted by Crippen LogP contribution is -2.39. The maximum atomic E-state index is 12.0. The van der Waals surface area contributed by atoms with E-state index in [1.807, 2.05) is 0 Å². The normalized spacial score (nSPS) is 11.5. The van der Waals surface area contributed by atoms with Crippen LogP contribution in [0.3, 0.4) is 0 Å². The van der Waals surface area contributed by atoms with Gasteiger partial charge in [-0.25, -0.2) is 14.8 Å². The Bertz CT molecular complexity index is 920. The van der Waals surface area contributed by atoms with Crippen molar-refractivity contribution < 1.29 is 36.6 Å². The molecule has 0 radical (unpaired) electrons. The molecule has 0 fully saturated rings. The Kier molecular flexibility index (Phi) is 4.61. The summed E-state index contributed by atoms with van der Waals surface area (Å²) in [6, 6.07) is 5.05. The molecule has 3 aromatic rings. The second-order valence-electron chi connectivity index (χ2n) is 5.03. The van der Waals surface area contributed by atoms with Gasteiger partial charge in [0, 0.05) is 12.3 Å². The number of aromatic nitrogens is 4. The fourth-order valence-corrected chi connectivity index (χ4v) is 1.95. The number of oxazole rings is 1. The number of fused-ring (bicyclic) bond motifs is 1. The van der Waals surface area contributed by atoms with Gasteiger partial charge in [0.1, 0.15) is 18.1 Å². The van der Waals surface area contributed by atoms with Crippen LogP contribution < -0.4 is 4.68 Å². The van der Waals surface area contributed by atoms with Crippen LogP contribution in [0.2, 0.25) is 0 Å². The summed E-state index contributed by atoms with van der Waals surface area (Å²) in [6.07, 6.45) is -1.20. The minimum Gasteiger partial charge on any atom is -0.418 e. The fourth-order valence-electron chi connectivity index (χ4n) is 1.95. The second-order valence-corrected chi connectivity index (χ2v) is 5.03. The van der Waals surface area contributed by atoms with Gasteiger partial charge >= 0.3 is 18.1 Å². The molecule has 0 aliphatic rings. The molecule has 0 spiro atoms. The van der Waals surface area contributed by atoms with Gasteiger partial charge in [0.05, 0.1) is 5.56 Å². The fraction of sp³-hybridized carbons (Fsp3) is 0.200. The average Bonchev–Trinajstić information content (AvgIpc) is 3.03. The number of ether oxygens (including phenoxy) is 1. The van der Waals surface area contributed by atoms with Crippen molar-refractivity contribution in [2.24, 2.45) is 0 Å². The quantitative estimate of drug-likeness (QED) is 0.392. The number of rotatable bonds is 4. The molecule has 8 nitrogen and oxygen atoms in total. The highest BCUT2D eigenvalue weighted by Crippen LogP contribution is 2.21. The maximum absolute atomic E-state index is 12.0. The Labute approximate surface area is 143 Å². The van der Waals surface area contributed by atoms with Crippen molar-refractivity contribution in [2.45, 2.75) is 19.1 Å². The topological polar surface area (TPSA) is 99.1 Å². The lowest BCUT2D eigenvalue weighted by Gasteiger charge is -2.04. The summed E-state index contributed by atoms with van der Waals surface area (Å²) in [5.41, 5.74) is 1.50. The molecule has 0 aromatic carbocycles. The van der Waals surface area contributed by atoms with Crippen LogP contribution in [0.1, 0.15) is 6.42 Å². The predicted molar refractivity (Wildman–Crippen MR) is 77.0 cm³/mol. The van der Waals surface area contributed by atoms with E-state index in [-0.39, 0.29) is 6.54 Å². The van der Waals surface area contributed by atoms with Crippen molar-refractivity contribution in [1.29, 1.82) is 0 Å². The molecule has 26 heavy (non-hydrogen) atoms. The van der Waals surface area contributed by atoms with Crippen LogP contribution >= 0.6 is 0 Å². The van der Waals surface area contributed by atoms with Crippen LogP contribution in [0.25, 0.3) is 22.7 Å². The third-order valence-corrected chi connectivity index (χ3v) is 3.17. The standard InChI is InChI=1S/C15H10F3N4O4/c16-15(17,18)14(24)25-11(23)4-7-22-6-3-9(8-20-22)12-21-10-2-1-5-19-13(10)26-12/h1-3,5-6,8H,4,7H2/q+1. The molecule has 0 N–H and O–H groups in total. The van der Waals surface area contributed by atoms with Crippen LogP contribution in [-0.4, -0.2) is 33.2 Å². The smallest absolute Gasteiger partial charge is 0.418 e. The number of esters is 2. The molecular formula is C15H10F3N4O4+. The van der Waals surface area contributed by atoms with Gasteiger partial charge in [-0.15, -0.1) is 0 Å². The molecule has 0 atom stereocenters. The number of pyridine rings is 1. The van der Waals surface area contributed by atoms with Crippen molar-refractivity contribution >= 4 is 23.2 Å². The minimum atomic E-state index is -5.21. The van der Waals surface area contributed by atoms with E-state index in [4.69, 9.17) is 4.42 Å². The SMILES string of the molecule is O=C(CC[n+]1ccc(-c2nc3cccnc3o2)cn1)OC(=O)C(F)(F)F. The summed E-state index contributed by atoms with van der Waals surface area (Å²) in [7, 11) is 0. The Balaban J connectivity index is 1.61. The molecule has 0 saturated heterocycles. The van der Waals surface area contributed by atoms with Crippen molar-refractivity contribution in [3.63, 3.8) is 0 Å². The molecule has 3 rings (SSSR count). The lowest BCUT2D eigenvalue weighted by molar-refractivity contribution is -0.752. The first-order valence-electron chi connectivity index (χ1n) is 7.22. The zero-order valence-electron chi connectivity index (χ0n) is 12.9. The number of carbonyl (C=O) groups excluding carboxylic acids is 2. The van der Waals surface area contributed by atoms with Crippen molar-refractivity contribution in [3.8, 4) is 11.5 Å². The molecule has 0 amide bonds. The highest BCUT2D eigenvalue weighted by atomic mass is 19.4. The lowest BCUT2D eigenvalue weighted by atomic mass is 10.3. The Morgan fingerprint density at radius 1 is 1.27 bits per heavy atom. The summed E-state index contributed by atoms with van der Waals surface area (Å²) in [6.45, 7) is -0.0701. The first kappa shape index (κ1) is 17.5. The summed E-state index contributed by atoms with van der Waals surface area (Å²) < 4.78 is 46.4. The number of carbonyl (C=O) groups is 2. The van der Waals surface area contributed by atoms with Gasteiger partial charge in [-0.05, 0) is 17.2 Å². The van der Waals surface area contributed by atoms with Crippen LogP contribution in [0.15, 0.2) is 41.2 Å². The number of hydrogen-bond donors (Lipinski definition) is 0. The van der Waals surface area contributed by atoms with Gasteiger partial charge < -0.3 is 9.15 Å². The van der Waals surface area contributed by atoms with E-state index in [1.165, 1.54) is 17.1 Å². The van der Waals surface area contributed by atoms with E-state index in [1.54, 1.807) is 24.4 Å². The largest absolute Gasteiger partial charge is 0.491 e. The van der Waals surface area contributed by atoms with E-state index < -0.39 is 24.5 Å². The Hall–Kier alpha value is -3.37. The van der Waals surface area contributed by atoms with E-state index >= 15 is 0 Å².